The number of hydrogen-bond acceptors (Lipinski definition) is 9. The van der Waals surface area contributed by atoms with E-state index >= 15 is 0 Å². The van der Waals surface area contributed by atoms with E-state index in [1.54, 1.807) is 33.4 Å². The maximum absolute atomic E-state index is 12.8. The van der Waals surface area contributed by atoms with Crippen LogP contribution in [0.25, 0.3) is 11.1 Å². The van der Waals surface area contributed by atoms with E-state index in [0.29, 0.717) is 43.4 Å². The molecule has 9 heteroatoms. The molecule has 0 unspecified atom stereocenters. The van der Waals surface area contributed by atoms with E-state index in [1.807, 2.05) is 42.5 Å². The first-order valence-electron chi connectivity index (χ1n) is 13.4. The normalized spacial score (nSPS) is 13.0. The van der Waals surface area contributed by atoms with Crippen molar-refractivity contribution in [3.8, 4) is 11.1 Å². The molecule has 2 aromatic heterocycles. The lowest BCUT2D eigenvalue weighted by Crippen LogP contribution is -2.31. The van der Waals surface area contributed by atoms with E-state index in [9.17, 15) is 4.79 Å². The van der Waals surface area contributed by atoms with Crippen LogP contribution < -0.4 is 10.2 Å². The van der Waals surface area contributed by atoms with Crippen molar-refractivity contribution in [2.75, 3.05) is 57.3 Å². The monoisotopic (exact) mass is 531 g/mol. The topological polar surface area (TPSA) is 110 Å². The molecule has 2 heterocycles. The molecule has 0 bridgehead atoms. The lowest BCUT2D eigenvalue weighted by Gasteiger charge is -2.29. The molecule has 39 heavy (non-hydrogen) atoms. The summed E-state index contributed by atoms with van der Waals surface area (Å²) in [6.07, 6.45) is 4.82. The molecule has 1 aromatic carbocycles. The van der Waals surface area contributed by atoms with Gasteiger partial charge in [0.15, 0.2) is 5.69 Å². The van der Waals surface area contributed by atoms with Crippen LogP contribution in [0.4, 0.5) is 17.3 Å². The molecule has 1 aliphatic carbocycles. The molecule has 0 amide bonds. The predicted octanol–water partition coefficient (Wildman–Crippen LogP) is 5.33. The molecule has 0 radical (unpaired) electrons. The minimum absolute atomic E-state index is 0.154. The highest BCUT2D eigenvalue weighted by Gasteiger charge is 2.29. The highest BCUT2D eigenvalue weighted by atomic mass is 16.5. The Labute approximate surface area is 230 Å². The zero-order valence-corrected chi connectivity index (χ0v) is 22.9. The first kappa shape index (κ1) is 28.2. The summed E-state index contributed by atoms with van der Waals surface area (Å²) in [4.78, 5) is 24.4. The average molecular weight is 532 g/mol. The molecule has 206 valence electrons. The van der Waals surface area contributed by atoms with Crippen LogP contribution in [0.15, 0.2) is 54.7 Å². The van der Waals surface area contributed by atoms with Gasteiger partial charge >= 0.3 is 5.97 Å². The Morgan fingerprint density at radius 3 is 2.36 bits per heavy atom. The number of ether oxygens (including phenoxy) is 3. The van der Waals surface area contributed by atoms with Crippen LogP contribution in [0.5, 0.6) is 0 Å². The van der Waals surface area contributed by atoms with Gasteiger partial charge in [-0.05, 0) is 55.7 Å². The molecule has 1 aliphatic rings. The maximum atomic E-state index is 12.8. The largest absolute Gasteiger partial charge is 0.461 e. The lowest BCUT2D eigenvalue weighted by molar-refractivity contribution is 0.0519. The molecule has 0 spiro atoms. The number of nitrogens with zero attached hydrogens (tertiary/aromatic N) is 3. The summed E-state index contributed by atoms with van der Waals surface area (Å²) >= 11 is 0. The quantitative estimate of drug-likeness (QED) is 0.212. The smallest absolute Gasteiger partial charge is 0.357 e. The Kier molecular flexibility index (Phi) is 9.99. The van der Waals surface area contributed by atoms with Crippen LogP contribution in [-0.4, -0.2) is 68.8 Å². The highest BCUT2D eigenvalue weighted by Crippen LogP contribution is 2.38. The van der Waals surface area contributed by atoms with E-state index in [2.05, 4.69) is 15.2 Å². The summed E-state index contributed by atoms with van der Waals surface area (Å²) in [7, 11) is 3.35. The summed E-state index contributed by atoms with van der Waals surface area (Å²) in [5.41, 5.74) is 3.72. The number of carbonyl (C=O) groups is 1. The molecule has 9 nitrogen and oxygen atoms in total. The molecule has 1 saturated carbocycles. The SMILES string of the molecule is CCOC(=O)c1cc(-c2ccc(N(CCOC)CCOC)nc2)c(C(=N)C2CCC2)c(Nc2ccccc2)n1. The van der Waals surface area contributed by atoms with E-state index < -0.39 is 5.97 Å². The van der Waals surface area contributed by atoms with Crippen molar-refractivity contribution in [3.05, 3.63) is 66.0 Å². The first-order valence-corrected chi connectivity index (χ1v) is 13.4. The molecule has 0 saturated heterocycles. The van der Waals surface area contributed by atoms with E-state index in [1.165, 1.54) is 0 Å². The molecule has 2 N–H and O–H groups in total. The van der Waals surface area contributed by atoms with Crippen molar-refractivity contribution in [1.29, 1.82) is 5.41 Å². The Morgan fingerprint density at radius 2 is 1.79 bits per heavy atom. The fourth-order valence-corrected chi connectivity index (χ4v) is 4.48. The fraction of sp³-hybridized carbons (Fsp3) is 0.400. The number of aromatic nitrogens is 2. The fourth-order valence-electron chi connectivity index (χ4n) is 4.48. The second kappa shape index (κ2) is 13.8. The van der Waals surface area contributed by atoms with Gasteiger partial charge in [0.1, 0.15) is 11.6 Å². The van der Waals surface area contributed by atoms with Gasteiger partial charge in [0.05, 0.1) is 19.8 Å². The zero-order valence-electron chi connectivity index (χ0n) is 22.9. The standard InChI is InChI=1S/C30H37N5O4/c1-4-39-30(36)25-19-24(22-13-14-26(32-20-22)35(15-17-37-2)16-18-38-3)27(28(31)21-9-8-10-21)29(34-25)33-23-11-6-5-7-12-23/h5-7,11-14,19-21,31H,4,8-10,15-18H2,1-3H3,(H,33,34). The average Bonchev–Trinajstić information content (AvgIpc) is 2.92. The van der Waals surface area contributed by atoms with Crippen molar-refractivity contribution in [1.82, 2.24) is 9.97 Å². The van der Waals surface area contributed by atoms with Crippen molar-refractivity contribution in [3.63, 3.8) is 0 Å². The number of nitrogens with one attached hydrogen (secondary N) is 2. The Morgan fingerprint density at radius 1 is 1.08 bits per heavy atom. The van der Waals surface area contributed by atoms with Crippen LogP contribution in [-0.2, 0) is 14.2 Å². The Bertz CT molecular complexity index is 1240. The Hall–Kier alpha value is -3.82. The van der Waals surface area contributed by atoms with Gasteiger partial charge in [-0.1, -0.05) is 24.6 Å². The molecule has 0 aliphatic heterocycles. The molecular weight excluding hydrogens is 494 g/mol. The summed E-state index contributed by atoms with van der Waals surface area (Å²) < 4.78 is 15.8. The van der Waals surface area contributed by atoms with E-state index in [0.717, 1.165) is 41.9 Å². The number of methoxy groups -OCH3 is 2. The van der Waals surface area contributed by atoms with Crippen LogP contribution in [0.3, 0.4) is 0 Å². The van der Waals surface area contributed by atoms with Gasteiger partial charge in [0.25, 0.3) is 0 Å². The van der Waals surface area contributed by atoms with Crippen LogP contribution in [0.2, 0.25) is 0 Å². The molecule has 4 rings (SSSR count). The second-order valence-corrected chi connectivity index (χ2v) is 9.41. The molecular formula is C30H37N5O4. The number of para-hydroxylation sites is 1. The van der Waals surface area contributed by atoms with Gasteiger partial charge in [0, 0.05) is 61.9 Å². The molecule has 0 atom stereocenters. The number of carbonyl (C=O) groups excluding carboxylic acids is 1. The number of pyridine rings is 2. The van der Waals surface area contributed by atoms with Crippen LogP contribution in [0.1, 0.15) is 42.2 Å². The van der Waals surface area contributed by atoms with Gasteiger partial charge in [-0.25, -0.2) is 14.8 Å². The maximum Gasteiger partial charge on any atom is 0.357 e. The minimum Gasteiger partial charge on any atom is -0.461 e. The third-order valence-corrected chi connectivity index (χ3v) is 6.84. The van der Waals surface area contributed by atoms with Crippen LogP contribution in [0, 0.1) is 11.3 Å². The highest BCUT2D eigenvalue weighted by molar-refractivity contribution is 6.10. The number of rotatable bonds is 14. The summed E-state index contributed by atoms with van der Waals surface area (Å²) in [6.45, 7) is 4.50. The summed E-state index contributed by atoms with van der Waals surface area (Å²) in [6, 6.07) is 15.3. The van der Waals surface area contributed by atoms with Crippen LogP contribution >= 0.6 is 0 Å². The van der Waals surface area contributed by atoms with Gasteiger partial charge in [0.2, 0.25) is 0 Å². The number of hydrogen-bond donors (Lipinski definition) is 2. The first-order chi connectivity index (χ1) is 19.0. The molecule has 3 aromatic rings. The van der Waals surface area contributed by atoms with E-state index in [-0.39, 0.29) is 18.2 Å². The van der Waals surface area contributed by atoms with Gasteiger partial charge in [-0.2, -0.15) is 0 Å². The van der Waals surface area contributed by atoms with Gasteiger partial charge in [-0.15, -0.1) is 0 Å². The zero-order chi connectivity index (χ0) is 27.6. The predicted molar refractivity (Wildman–Crippen MR) is 153 cm³/mol. The Balaban J connectivity index is 1.80. The third-order valence-electron chi connectivity index (χ3n) is 6.84. The minimum atomic E-state index is -0.508. The molecule has 1 fully saturated rings. The second-order valence-electron chi connectivity index (χ2n) is 9.41. The van der Waals surface area contributed by atoms with Crippen molar-refractivity contribution < 1.29 is 19.0 Å². The third kappa shape index (κ3) is 6.99. The number of anilines is 3. The van der Waals surface area contributed by atoms with Gasteiger partial charge in [-0.3, -0.25) is 0 Å². The number of benzene rings is 1. The van der Waals surface area contributed by atoms with Crippen molar-refractivity contribution in [2.45, 2.75) is 26.2 Å². The number of esters is 1. The lowest BCUT2D eigenvalue weighted by atomic mass is 9.78. The van der Waals surface area contributed by atoms with Crippen molar-refractivity contribution in [2.24, 2.45) is 5.92 Å². The van der Waals surface area contributed by atoms with Gasteiger partial charge < -0.3 is 29.8 Å². The van der Waals surface area contributed by atoms with Crippen molar-refractivity contribution >= 4 is 29.0 Å². The van der Waals surface area contributed by atoms with E-state index in [4.69, 9.17) is 24.6 Å². The summed E-state index contributed by atoms with van der Waals surface area (Å²) in [5, 5.41) is 12.5. The summed E-state index contributed by atoms with van der Waals surface area (Å²) in [5.74, 6) is 0.905.